The van der Waals surface area contributed by atoms with Gasteiger partial charge in [0.15, 0.2) is 0 Å². The third-order valence-electron chi connectivity index (χ3n) is 6.34. The van der Waals surface area contributed by atoms with Crippen molar-refractivity contribution < 1.29 is 14.3 Å². The monoisotopic (exact) mass is 423 g/mol. The predicted molar refractivity (Wildman–Crippen MR) is 120 cm³/mol. The van der Waals surface area contributed by atoms with E-state index in [1.54, 1.807) is 12.1 Å². The normalized spacial score (nSPS) is 16.5. The number of amides is 1. The molecular formula is C25H30FN3O2. The summed E-state index contributed by atoms with van der Waals surface area (Å²) in [6, 6.07) is 15.1. The van der Waals surface area contributed by atoms with Gasteiger partial charge in [0.25, 0.3) is 0 Å². The summed E-state index contributed by atoms with van der Waals surface area (Å²) < 4.78 is 16.8. The molecule has 0 radical (unpaired) electrons. The van der Waals surface area contributed by atoms with E-state index in [0.717, 1.165) is 32.6 Å². The quantitative estimate of drug-likeness (QED) is 0.608. The zero-order chi connectivity index (χ0) is 21.8. The zero-order valence-corrected chi connectivity index (χ0v) is 18.0. The second-order valence-electron chi connectivity index (χ2n) is 8.46. The molecule has 6 heteroatoms. The highest BCUT2D eigenvalue weighted by atomic mass is 19.1. The van der Waals surface area contributed by atoms with Crippen LogP contribution < -0.4 is 5.32 Å². The molecule has 1 fully saturated rings. The Morgan fingerprint density at radius 3 is 2.55 bits per heavy atom. The first kappa shape index (κ1) is 21.5. The number of rotatable bonds is 7. The molecule has 1 amide bonds. The number of likely N-dealkylation sites (tertiary alicyclic amines) is 1. The van der Waals surface area contributed by atoms with Crippen molar-refractivity contribution in [3.05, 3.63) is 71.7 Å². The maximum atomic E-state index is 14.6. The van der Waals surface area contributed by atoms with Crippen LogP contribution in [0.5, 0.6) is 0 Å². The topological polar surface area (TPSA) is 57.5 Å². The lowest BCUT2D eigenvalue weighted by Gasteiger charge is -2.42. The van der Waals surface area contributed by atoms with Gasteiger partial charge >= 0.3 is 0 Å². The van der Waals surface area contributed by atoms with Crippen LogP contribution in [0.4, 0.5) is 4.39 Å². The van der Waals surface area contributed by atoms with E-state index in [1.165, 1.54) is 29.5 Å². The van der Waals surface area contributed by atoms with Crippen molar-refractivity contribution in [1.29, 1.82) is 0 Å². The Morgan fingerprint density at radius 1 is 1.13 bits per heavy atom. The van der Waals surface area contributed by atoms with Crippen LogP contribution in [0.25, 0.3) is 10.9 Å². The Balaban J connectivity index is 1.53. The fourth-order valence-corrected chi connectivity index (χ4v) is 4.86. The first-order chi connectivity index (χ1) is 15.0. The molecule has 31 heavy (non-hydrogen) atoms. The van der Waals surface area contributed by atoms with Gasteiger partial charge in [0.1, 0.15) is 5.82 Å². The number of para-hydroxylation sites is 1. The fraction of sp³-hybridized carbons (Fsp3) is 0.400. The van der Waals surface area contributed by atoms with E-state index >= 15 is 0 Å². The Labute approximate surface area is 182 Å². The number of nitrogens with zero attached hydrogens (tertiary/aromatic N) is 2. The minimum Gasteiger partial charge on any atom is -0.396 e. The van der Waals surface area contributed by atoms with Gasteiger partial charge in [-0.2, -0.15) is 0 Å². The van der Waals surface area contributed by atoms with Crippen LogP contribution in [0, 0.1) is 5.82 Å². The van der Waals surface area contributed by atoms with Gasteiger partial charge in [-0.3, -0.25) is 9.69 Å². The number of aliphatic hydroxyl groups is 1. The maximum Gasteiger partial charge on any atom is 0.217 e. The molecule has 1 aliphatic heterocycles. The molecule has 0 saturated carbocycles. The Morgan fingerprint density at radius 2 is 1.84 bits per heavy atom. The summed E-state index contributed by atoms with van der Waals surface area (Å²) in [5, 5.41) is 13.5. The van der Waals surface area contributed by atoms with Crippen LogP contribution in [0.15, 0.2) is 54.7 Å². The zero-order valence-electron chi connectivity index (χ0n) is 18.0. The van der Waals surface area contributed by atoms with Gasteiger partial charge in [0, 0.05) is 62.4 Å². The highest BCUT2D eigenvalue weighted by Crippen LogP contribution is 2.35. The van der Waals surface area contributed by atoms with E-state index in [-0.39, 0.29) is 18.3 Å². The highest BCUT2D eigenvalue weighted by Gasteiger charge is 2.38. The number of piperidine rings is 1. The number of nitrogens with one attached hydrogen (secondary N) is 1. The summed E-state index contributed by atoms with van der Waals surface area (Å²) in [4.78, 5) is 14.3. The van der Waals surface area contributed by atoms with Crippen LogP contribution in [0.1, 0.15) is 37.3 Å². The fourth-order valence-electron chi connectivity index (χ4n) is 4.86. The first-order valence-electron chi connectivity index (χ1n) is 11.0. The standard InChI is InChI=1S/C25H30FN3O2/c1-19(31)27-25(22-8-3-4-9-23(22)26)11-14-28(15-12-25)17-20-18-29(13-6-16-30)24-10-5-2-7-21(20)24/h2-5,7-10,18,30H,6,11-17H2,1H3,(H,27,31). The van der Waals surface area contributed by atoms with Gasteiger partial charge in [0.2, 0.25) is 5.91 Å². The van der Waals surface area contributed by atoms with Gasteiger partial charge < -0.3 is 15.0 Å². The molecule has 0 atom stereocenters. The van der Waals surface area contributed by atoms with Crippen LogP contribution in [0.2, 0.25) is 0 Å². The Kier molecular flexibility index (Phi) is 6.39. The number of carbonyl (C=O) groups is 1. The lowest BCUT2D eigenvalue weighted by molar-refractivity contribution is -0.121. The molecule has 2 heterocycles. The number of hydrogen-bond donors (Lipinski definition) is 2. The van der Waals surface area contributed by atoms with Crippen molar-refractivity contribution in [3.8, 4) is 0 Å². The second-order valence-corrected chi connectivity index (χ2v) is 8.46. The minimum absolute atomic E-state index is 0.136. The number of fused-ring (bicyclic) bond motifs is 1. The summed E-state index contributed by atoms with van der Waals surface area (Å²) in [5.74, 6) is -0.402. The molecule has 0 unspecified atom stereocenters. The third kappa shape index (κ3) is 4.50. The summed E-state index contributed by atoms with van der Waals surface area (Å²) in [5.41, 5.74) is 2.35. The third-order valence-corrected chi connectivity index (χ3v) is 6.34. The van der Waals surface area contributed by atoms with E-state index in [4.69, 9.17) is 0 Å². The van der Waals surface area contributed by atoms with Gasteiger partial charge in [-0.25, -0.2) is 4.39 Å². The van der Waals surface area contributed by atoms with E-state index < -0.39 is 5.54 Å². The van der Waals surface area contributed by atoms with E-state index in [1.807, 2.05) is 12.1 Å². The molecule has 0 spiro atoms. The number of hydrogen-bond acceptors (Lipinski definition) is 3. The first-order valence-corrected chi connectivity index (χ1v) is 11.0. The Hall–Kier alpha value is -2.70. The van der Waals surface area contributed by atoms with Crippen LogP contribution >= 0.6 is 0 Å². The molecule has 1 saturated heterocycles. The number of carbonyl (C=O) groups excluding carboxylic acids is 1. The molecule has 3 aromatic rings. The molecule has 1 aliphatic rings. The predicted octanol–water partition coefficient (Wildman–Crippen LogP) is 3.79. The number of aryl methyl sites for hydroxylation is 1. The second kappa shape index (κ2) is 9.20. The number of aromatic nitrogens is 1. The van der Waals surface area contributed by atoms with Gasteiger partial charge in [-0.1, -0.05) is 36.4 Å². The molecular weight excluding hydrogens is 393 g/mol. The number of halogens is 1. The van der Waals surface area contributed by atoms with Crippen molar-refractivity contribution >= 4 is 16.8 Å². The molecule has 2 N–H and O–H groups in total. The largest absolute Gasteiger partial charge is 0.396 e. The van der Waals surface area contributed by atoms with Gasteiger partial charge in [-0.15, -0.1) is 0 Å². The van der Waals surface area contributed by atoms with Crippen LogP contribution in [-0.4, -0.2) is 40.2 Å². The lowest BCUT2D eigenvalue weighted by Crippen LogP contribution is -2.52. The SMILES string of the molecule is CC(=O)NC1(c2ccccc2F)CCN(Cc2cn(CCCO)c3ccccc23)CC1. The van der Waals surface area contributed by atoms with Crippen molar-refractivity contribution in [2.24, 2.45) is 0 Å². The minimum atomic E-state index is -0.664. The maximum absolute atomic E-state index is 14.6. The van der Waals surface area contributed by atoms with E-state index in [0.29, 0.717) is 18.4 Å². The van der Waals surface area contributed by atoms with Crippen LogP contribution in [-0.2, 0) is 23.4 Å². The van der Waals surface area contributed by atoms with Crippen molar-refractivity contribution in [2.75, 3.05) is 19.7 Å². The lowest BCUT2D eigenvalue weighted by atomic mass is 9.80. The molecule has 4 rings (SSSR count). The molecule has 0 bridgehead atoms. The Bertz CT molecular complexity index is 1050. The smallest absolute Gasteiger partial charge is 0.217 e. The van der Waals surface area contributed by atoms with Crippen molar-refractivity contribution in [1.82, 2.24) is 14.8 Å². The average molecular weight is 424 g/mol. The molecule has 1 aromatic heterocycles. The van der Waals surface area contributed by atoms with Crippen molar-refractivity contribution in [3.63, 3.8) is 0 Å². The molecule has 2 aromatic carbocycles. The van der Waals surface area contributed by atoms with E-state index in [9.17, 15) is 14.3 Å². The summed E-state index contributed by atoms with van der Waals surface area (Å²) >= 11 is 0. The van der Waals surface area contributed by atoms with Gasteiger partial charge in [-0.05, 0) is 37.0 Å². The molecule has 164 valence electrons. The highest BCUT2D eigenvalue weighted by molar-refractivity contribution is 5.84. The van der Waals surface area contributed by atoms with E-state index in [2.05, 4.69) is 39.2 Å². The van der Waals surface area contributed by atoms with Crippen LogP contribution in [0.3, 0.4) is 0 Å². The number of aliphatic hydroxyl groups excluding tert-OH is 1. The van der Waals surface area contributed by atoms with Gasteiger partial charge in [0.05, 0.1) is 5.54 Å². The molecule has 5 nitrogen and oxygen atoms in total. The molecule has 0 aliphatic carbocycles. The number of benzene rings is 2. The van der Waals surface area contributed by atoms with Crippen molar-refractivity contribution in [2.45, 2.75) is 44.8 Å². The average Bonchev–Trinajstić information content (AvgIpc) is 3.11. The summed E-state index contributed by atoms with van der Waals surface area (Å²) in [6.45, 7) is 4.80. The summed E-state index contributed by atoms with van der Waals surface area (Å²) in [7, 11) is 0. The summed E-state index contributed by atoms with van der Waals surface area (Å²) in [6.07, 6.45) is 4.24.